The molecule has 1 saturated heterocycles. The van der Waals surface area contributed by atoms with Gasteiger partial charge in [0.15, 0.2) is 0 Å². The van der Waals surface area contributed by atoms with Gasteiger partial charge in [-0.2, -0.15) is 11.8 Å². The average molecular weight is 223 g/mol. The van der Waals surface area contributed by atoms with E-state index >= 15 is 0 Å². The average Bonchev–Trinajstić information content (AvgIpc) is 2.23. The number of nitrogens with two attached hydrogens (primary N) is 1. The summed E-state index contributed by atoms with van der Waals surface area (Å²) >= 11 is 2.01. The summed E-state index contributed by atoms with van der Waals surface area (Å²) in [7, 11) is 0. The first kappa shape index (κ1) is 10.6. The predicted molar refractivity (Wildman–Crippen MR) is 67.5 cm³/mol. The van der Waals surface area contributed by atoms with Crippen LogP contribution >= 0.6 is 11.8 Å². The fraction of sp³-hybridized carbons (Fsp3) is 0.545. The number of aromatic nitrogens is 1. The number of thioether (sulfide) groups is 1. The lowest BCUT2D eigenvalue weighted by Gasteiger charge is -2.34. The van der Waals surface area contributed by atoms with Gasteiger partial charge in [0.2, 0.25) is 0 Å². The highest BCUT2D eigenvalue weighted by Gasteiger charge is 2.19. The van der Waals surface area contributed by atoms with Crippen LogP contribution in [0.3, 0.4) is 0 Å². The van der Waals surface area contributed by atoms with Crippen LogP contribution in [-0.2, 0) is 0 Å². The summed E-state index contributed by atoms with van der Waals surface area (Å²) in [6.45, 7) is 5.30. The van der Waals surface area contributed by atoms with Crippen molar-refractivity contribution in [2.24, 2.45) is 0 Å². The predicted octanol–water partition coefficient (Wildman–Crippen LogP) is 1.91. The molecule has 1 fully saturated rings. The second-order valence-electron chi connectivity index (χ2n) is 3.96. The Balaban J connectivity index is 2.24. The Morgan fingerprint density at radius 3 is 3.00 bits per heavy atom. The van der Waals surface area contributed by atoms with E-state index in [1.54, 1.807) is 0 Å². The molecule has 2 heterocycles. The first-order valence-corrected chi connectivity index (χ1v) is 6.41. The SMILES string of the molecule is Cc1nc(N2CCSCC2C)ccc1N. The molecule has 3 nitrogen and oxygen atoms in total. The lowest BCUT2D eigenvalue weighted by molar-refractivity contribution is 0.689. The lowest BCUT2D eigenvalue weighted by atomic mass is 10.2. The molecular weight excluding hydrogens is 206 g/mol. The van der Waals surface area contributed by atoms with Gasteiger partial charge in [-0.3, -0.25) is 0 Å². The minimum atomic E-state index is 0.569. The third-order valence-corrected chi connectivity index (χ3v) is 3.96. The van der Waals surface area contributed by atoms with Crippen molar-refractivity contribution in [2.45, 2.75) is 19.9 Å². The van der Waals surface area contributed by atoms with Crippen LogP contribution in [0.25, 0.3) is 0 Å². The van der Waals surface area contributed by atoms with Crippen LogP contribution in [0.1, 0.15) is 12.6 Å². The van der Waals surface area contributed by atoms with Crippen LogP contribution in [-0.4, -0.2) is 29.1 Å². The van der Waals surface area contributed by atoms with Gasteiger partial charge in [0.05, 0.1) is 11.4 Å². The standard InChI is InChI=1S/C11H17N3S/c1-8-7-15-6-5-14(8)11-4-3-10(12)9(2)13-11/h3-4,8H,5-7,12H2,1-2H3. The van der Waals surface area contributed by atoms with Crippen molar-refractivity contribution in [3.8, 4) is 0 Å². The smallest absolute Gasteiger partial charge is 0.129 e. The number of nitrogen functional groups attached to an aromatic ring is 1. The number of nitrogens with zero attached hydrogens (tertiary/aromatic N) is 2. The summed E-state index contributed by atoms with van der Waals surface area (Å²) in [5.74, 6) is 3.44. The highest BCUT2D eigenvalue weighted by atomic mass is 32.2. The van der Waals surface area contributed by atoms with Crippen LogP contribution in [0.15, 0.2) is 12.1 Å². The first-order valence-electron chi connectivity index (χ1n) is 5.26. The van der Waals surface area contributed by atoms with Crippen molar-refractivity contribution in [1.82, 2.24) is 4.98 Å². The molecule has 0 aliphatic carbocycles. The van der Waals surface area contributed by atoms with Gasteiger partial charge in [-0.25, -0.2) is 4.98 Å². The van der Waals surface area contributed by atoms with Crippen LogP contribution in [0.2, 0.25) is 0 Å². The summed E-state index contributed by atoms with van der Waals surface area (Å²) in [5, 5.41) is 0. The quantitative estimate of drug-likeness (QED) is 0.790. The van der Waals surface area contributed by atoms with Crippen LogP contribution in [0.4, 0.5) is 11.5 Å². The number of pyridine rings is 1. The van der Waals surface area contributed by atoms with E-state index in [9.17, 15) is 0 Å². The second-order valence-corrected chi connectivity index (χ2v) is 5.11. The largest absolute Gasteiger partial charge is 0.397 e. The molecule has 1 aliphatic heterocycles. The third kappa shape index (κ3) is 2.20. The molecule has 15 heavy (non-hydrogen) atoms. The molecule has 1 aromatic rings. The molecule has 0 amide bonds. The Labute approximate surface area is 95.1 Å². The Hall–Kier alpha value is -0.900. The van der Waals surface area contributed by atoms with Gasteiger partial charge < -0.3 is 10.6 Å². The zero-order valence-electron chi connectivity index (χ0n) is 9.23. The maximum atomic E-state index is 5.77. The topological polar surface area (TPSA) is 42.2 Å². The van der Waals surface area contributed by atoms with E-state index in [1.807, 2.05) is 30.8 Å². The van der Waals surface area contributed by atoms with Gasteiger partial charge in [-0.1, -0.05) is 0 Å². The van der Waals surface area contributed by atoms with E-state index in [2.05, 4.69) is 16.8 Å². The summed E-state index contributed by atoms with van der Waals surface area (Å²) < 4.78 is 0. The summed E-state index contributed by atoms with van der Waals surface area (Å²) in [6.07, 6.45) is 0. The maximum absolute atomic E-state index is 5.77. The van der Waals surface area contributed by atoms with E-state index in [1.165, 1.54) is 11.5 Å². The Kier molecular flexibility index (Phi) is 3.05. The summed E-state index contributed by atoms with van der Waals surface area (Å²) in [4.78, 5) is 6.90. The number of hydrogen-bond acceptors (Lipinski definition) is 4. The van der Waals surface area contributed by atoms with Crippen molar-refractivity contribution >= 4 is 23.3 Å². The molecule has 1 aromatic heterocycles. The number of hydrogen-bond donors (Lipinski definition) is 1. The normalized spacial score (nSPS) is 21.7. The van der Waals surface area contributed by atoms with E-state index in [0.717, 1.165) is 23.7 Å². The molecule has 0 saturated carbocycles. The van der Waals surface area contributed by atoms with Crippen molar-refractivity contribution in [1.29, 1.82) is 0 Å². The van der Waals surface area contributed by atoms with Crippen LogP contribution in [0, 0.1) is 6.92 Å². The minimum Gasteiger partial charge on any atom is -0.397 e. The van der Waals surface area contributed by atoms with Crippen LogP contribution < -0.4 is 10.6 Å². The number of rotatable bonds is 1. The Bertz CT molecular complexity index is 354. The maximum Gasteiger partial charge on any atom is 0.129 e. The second kappa shape index (κ2) is 4.31. The highest BCUT2D eigenvalue weighted by molar-refractivity contribution is 7.99. The molecule has 0 aromatic carbocycles. The first-order chi connectivity index (χ1) is 7.18. The fourth-order valence-corrected chi connectivity index (χ4v) is 2.80. The van der Waals surface area contributed by atoms with Crippen LogP contribution in [0.5, 0.6) is 0 Å². The van der Waals surface area contributed by atoms with Gasteiger partial charge in [0.25, 0.3) is 0 Å². The molecule has 82 valence electrons. The highest BCUT2D eigenvalue weighted by Crippen LogP contribution is 2.23. The van der Waals surface area contributed by atoms with E-state index < -0.39 is 0 Å². The summed E-state index contributed by atoms with van der Waals surface area (Å²) in [6, 6.07) is 4.54. The van der Waals surface area contributed by atoms with E-state index in [0.29, 0.717) is 6.04 Å². The molecule has 1 atom stereocenters. The van der Waals surface area contributed by atoms with E-state index in [4.69, 9.17) is 5.73 Å². The minimum absolute atomic E-state index is 0.569. The van der Waals surface area contributed by atoms with E-state index in [-0.39, 0.29) is 0 Å². The molecule has 1 aliphatic rings. The third-order valence-electron chi connectivity index (χ3n) is 2.77. The lowest BCUT2D eigenvalue weighted by Crippen LogP contribution is -2.40. The fourth-order valence-electron chi connectivity index (χ4n) is 1.79. The Morgan fingerprint density at radius 1 is 1.53 bits per heavy atom. The Morgan fingerprint density at radius 2 is 2.33 bits per heavy atom. The molecule has 2 rings (SSSR count). The van der Waals surface area contributed by atoms with Gasteiger partial charge in [0, 0.05) is 24.1 Å². The number of aryl methyl sites for hydroxylation is 1. The molecule has 4 heteroatoms. The van der Waals surface area contributed by atoms with Gasteiger partial charge in [-0.05, 0) is 26.0 Å². The summed E-state index contributed by atoms with van der Waals surface area (Å²) in [5.41, 5.74) is 7.47. The van der Waals surface area contributed by atoms with Crippen molar-refractivity contribution in [3.05, 3.63) is 17.8 Å². The zero-order valence-corrected chi connectivity index (χ0v) is 10.0. The number of anilines is 2. The van der Waals surface area contributed by atoms with Gasteiger partial charge in [-0.15, -0.1) is 0 Å². The molecule has 2 N–H and O–H groups in total. The van der Waals surface area contributed by atoms with Gasteiger partial charge in [0.1, 0.15) is 5.82 Å². The van der Waals surface area contributed by atoms with Crippen molar-refractivity contribution in [3.63, 3.8) is 0 Å². The molecule has 0 spiro atoms. The molecular formula is C11H17N3S. The molecule has 0 bridgehead atoms. The van der Waals surface area contributed by atoms with Crippen molar-refractivity contribution in [2.75, 3.05) is 28.7 Å². The molecule has 1 unspecified atom stereocenters. The molecule has 0 radical (unpaired) electrons. The zero-order chi connectivity index (χ0) is 10.8. The van der Waals surface area contributed by atoms with Crippen molar-refractivity contribution < 1.29 is 0 Å². The monoisotopic (exact) mass is 223 g/mol. The van der Waals surface area contributed by atoms with Gasteiger partial charge >= 0.3 is 0 Å².